The van der Waals surface area contributed by atoms with Crippen LogP contribution in [0, 0.1) is 0 Å². The SMILES string of the molecule is c1cn(C2CO2)nn1. The maximum absolute atomic E-state index is 4.91. The molecule has 0 amide bonds. The Kier molecular flexibility index (Phi) is 0.648. The number of ether oxygens (including phenoxy) is 1. The lowest BCUT2D eigenvalue weighted by Gasteiger charge is -1.85. The first-order valence-corrected chi connectivity index (χ1v) is 2.44. The molecule has 2 heterocycles. The number of hydrogen-bond donors (Lipinski definition) is 0. The normalized spacial score (nSPS) is 25.8. The fourth-order valence-corrected chi connectivity index (χ4v) is 0.567. The molecule has 1 aliphatic rings. The molecule has 0 N–H and O–H groups in total. The zero-order chi connectivity index (χ0) is 5.40. The number of rotatable bonds is 1. The van der Waals surface area contributed by atoms with E-state index in [0.717, 1.165) is 6.61 Å². The third-order valence-corrected chi connectivity index (χ3v) is 1.05. The van der Waals surface area contributed by atoms with E-state index in [-0.39, 0.29) is 6.23 Å². The summed E-state index contributed by atoms with van der Waals surface area (Å²) in [5.74, 6) is 0. The number of hydrogen-bond acceptors (Lipinski definition) is 3. The van der Waals surface area contributed by atoms with Gasteiger partial charge in [0.25, 0.3) is 0 Å². The summed E-state index contributed by atoms with van der Waals surface area (Å²) in [5, 5.41) is 7.34. The van der Waals surface area contributed by atoms with Gasteiger partial charge in [-0.15, -0.1) is 5.10 Å². The van der Waals surface area contributed by atoms with E-state index in [9.17, 15) is 0 Å². The molecule has 1 atom stereocenters. The Balaban J connectivity index is 2.28. The molecule has 0 spiro atoms. The molecule has 2 rings (SSSR count). The molecule has 0 aromatic carbocycles. The van der Waals surface area contributed by atoms with Crippen LogP contribution < -0.4 is 0 Å². The summed E-state index contributed by atoms with van der Waals surface area (Å²) < 4.78 is 6.61. The van der Waals surface area contributed by atoms with Crippen molar-refractivity contribution in [1.29, 1.82) is 0 Å². The van der Waals surface area contributed by atoms with Gasteiger partial charge in [-0.1, -0.05) is 5.21 Å². The molecule has 0 radical (unpaired) electrons. The molecule has 0 saturated carbocycles. The molecule has 1 fully saturated rings. The zero-order valence-electron chi connectivity index (χ0n) is 4.19. The summed E-state index contributed by atoms with van der Waals surface area (Å²) in [6.45, 7) is 0.781. The lowest BCUT2D eigenvalue weighted by Crippen LogP contribution is -1.94. The smallest absolute Gasteiger partial charge is 0.175 e. The summed E-state index contributed by atoms with van der Waals surface area (Å²) in [6.07, 6.45) is 3.61. The van der Waals surface area contributed by atoms with Crippen LogP contribution in [0.2, 0.25) is 0 Å². The second-order valence-electron chi connectivity index (χ2n) is 1.67. The lowest BCUT2D eigenvalue weighted by molar-refractivity contribution is 0.332. The Morgan fingerprint density at radius 3 is 3.12 bits per heavy atom. The Labute approximate surface area is 46.1 Å². The van der Waals surface area contributed by atoms with Crippen molar-refractivity contribution < 1.29 is 4.74 Å². The maximum atomic E-state index is 4.91. The van der Waals surface area contributed by atoms with Gasteiger partial charge in [0.15, 0.2) is 6.23 Å². The van der Waals surface area contributed by atoms with Crippen molar-refractivity contribution in [2.24, 2.45) is 0 Å². The number of epoxide rings is 1. The van der Waals surface area contributed by atoms with Gasteiger partial charge >= 0.3 is 0 Å². The summed E-state index contributed by atoms with van der Waals surface area (Å²) in [5.41, 5.74) is 0. The second-order valence-corrected chi connectivity index (χ2v) is 1.67. The molecule has 0 aliphatic carbocycles. The van der Waals surface area contributed by atoms with Crippen molar-refractivity contribution in [2.75, 3.05) is 6.61 Å². The molecule has 4 heteroatoms. The molecule has 4 nitrogen and oxygen atoms in total. The van der Waals surface area contributed by atoms with Gasteiger partial charge in [-0.05, 0) is 0 Å². The Bertz CT molecular complexity index is 167. The van der Waals surface area contributed by atoms with Crippen LogP contribution in [0.3, 0.4) is 0 Å². The fourth-order valence-electron chi connectivity index (χ4n) is 0.567. The van der Waals surface area contributed by atoms with Gasteiger partial charge in [0, 0.05) is 6.20 Å². The van der Waals surface area contributed by atoms with Gasteiger partial charge in [0.1, 0.15) is 0 Å². The number of nitrogens with zero attached hydrogens (tertiary/aromatic N) is 3. The van der Waals surface area contributed by atoms with E-state index in [1.807, 2.05) is 0 Å². The minimum Gasteiger partial charge on any atom is -0.349 e. The molecule has 0 bridgehead atoms. The third-order valence-electron chi connectivity index (χ3n) is 1.05. The predicted molar refractivity (Wildman–Crippen MR) is 25.0 cm³/mol. The minimum atomic E-state index is 0.178. The van der Waals surface area contributed by atoms with Crippen molar-refractivity contribution in [3.8, 4) is 0 Å². The molecule has 42 valence electrons. The Hall–Kier alpha value is -0.900. The van der Waals surface area contributed by atoms with E-state index < -0.39 is 0 Å². The van der Waals surface area contributed by atoms with Crippen LogP contribution in [0.5, 0.6) is 0 Å². The van der Waals surface area contributed by atoms with Gasteiger partial charge in [-0.25, -0.2) is 4.68 Å². The first-order chi connectivity index (χ1) is 3.97. The van der Waals surface area contributed by atoms with Crippen molar-refractivity contribution in [1.82, 2.24) is 15.0 Å². The largest absolute Gasteiger partial charge is 0.349 e. The predicted octanol–water partition coefficient (Wildman–Crippen LogP) is -0.193. The standard InChI is InChI=1S/C4H5N3O/c1-2-7(6-5-1)4-3-8-4/h1-2,4H,3H2. The summed E-state index contributed by atoms with van der Waals surface area (Å²) in [7, 11) is 0. The van der Waals surface area contributed by atoms with Crippen molar-refractivity contribution in [3.63, 3.8) is 0 Å². The average molecular weight is 111 g/mol. The first kappa shape index (κ1) is 4.03. The van der Waals surface area contributed by atoms with E-state index in [1.165, 1.54) is 0 Å². The lowest BCUT2D eigenvalue weighted by atomic mass is 10.7. The zero-order valence-corrected chi connectivity index (χ0v) is 4.19. The van der Waals surface area contributed by atoms with Gasteiger partial charge in [0.05, 0.1) is 12.8 Å². The fraction of sp³-hybridized carbons (Fsp3) is 0.500. The third kappa shape index (κ3) is 0.500. The van der Waals surface area contributed by atoms with Crippen LogP contribution in [-0.4, -0.2) is 21.6 Å². The molecule has 1 aromatic rings. The summed E-state index contributed by atoms with van der Waals surface area (Å²) >= 11 is 0. The first-order valence-electron chi connectivity index (χ1n) is 2.44. The van der Waals surface area contributed by atoms with Gasteiger partial charge in [0.2, 0.25) is 0 Å². The van der Waals surface area contributed by atoms with Crippen molar-refractivity contribution in [3.05, 3.63) is 12.4 Å². The van der Waals surface area contributed by atoms with E-state index in [2.05, 4.69) is 10.3 Å². The van der Waals surface area contributed by atoms with Crippen molar-refractivity contribution in [2.45, 2.75) is 6.23 Å². The molecule has 1 aliphatic heterocycles. The minimum absolute atomic E-state index is 0.178. The van der Waals surface area contributed by atoms with Crippen LogP contribution in [0.1, 0.15) is 6.23 Å². The molecule has 8 heavy (non-hydrogen) atoms. The highest BCUT2D eigenvalue weighted by atomic mass is 16.6. The maximum Gasteiger partial charge on any atom is 0.175 e. The summed E-state index contributed by atoms with van der Waals surface area (Å²) in [6, 6.07) is 0. The highest BCUT2D eigenvalue weighted by Crippen LogP contribution is 2.20. The van der Waals surface area contributed by atoms with Crippen LogP contribution in [-0.2, 0) is 4.74 Å². The quantitative estimate of drug-likeness (QED) is 0.471. The molecular weight excluding hydrogens is 106 g/mol. The highest BCUT2D eigenvalue weighted by Gasteiger charge is 2.24. The monoisotopic (exact) mass is 111 g/mol. The van der Waals surface area contributed by atoms with E-state index in [0.29, 0.717) is 0 Å². The van der Waals surface area contributed by atoms with E-state index >= 15 is 0 Å². The van der Waals surface area contributed by atoms with Crippen LogP contribution in [0.25, 0.3) is 0 Å². The topological polar surface area (TPSA) is 43.2 Å². The van der Waals surface area contributed by atoms with Crippen LogP contribution >= 0.6 is 0 Å². The van der Waals surface area contributed by atoms with Gasteiger partial charge < -0.3 is 4.74 Å². The molecule has 1 aromatic heterocycles. The highest BCUT2D eigenvalue weighted by molar-refractivity contribution is 4.72. The summed E-state index contributed by atoms with van der Waals surface area (Å²) in [4.78, 5) is 0. The number of aromatic nitrogens is 3. The van der Waals surface area contributed by atoms with E-state index in [1.54, 1.807) is 17.1 Å². The van der Waals surface area contributed by atoms with Crippen LogP contribution in [0.4, 0.5) is 0 Å². The van der Waals surface area contributed by atoms with E-state index in [4.69, 9.17) is 4.74 Å². The van der Waals surface area contributed by atoms with Crippen molar-refractivity contribution >= 4 is 0 Å². The van der Waals surface area contributed by atoms with Gasteiger partial charge in [-0.3, -0.25) is 0 Å². The second kappa shape index (κ2) is 1.29. The molecule has 1 saturated heterocycles. The average Bonchev–Trinajstić information content (AvgIpc) is 2.49. The molecular formula is C4H5N3O. The van der Waals surface area contributed by atoms with Gasteiger partial charge in [-0.2, -0.15) is 0 Å². The Morgan fingerprint density at radius 1 is 1.75 bits per heavy atom. The Morgan fingerprint density at radius 2 is 2.62 bits per heavy atom. The molecule has 1 unspecified atom stereocenters. The van der Waals surface area contributed by atoms with Crippen LogP contribution in [0.15, 0.2) is 12.4 Å².